The molecular formula is C19H21N3O4S. The summed E-state index contributed by atoms with van der Waals surface area (Å²) in [6.07, 6.45) is 2.50. The van der Waals surface area contributed by atoms with Crippen molar-refractivity contribution >= 4 is 27.3 Å². The lowest BCUT2D eigenvalue weighted by Crippen LogP contribution is -2.22. The summed E-state index contributed by atoms with van der Waals surface area (Å²) >= 11 is 0. The molecule has 2 aromatic rings. The molecule has 0 saturated carbocycles. The maximum atomic E-state index is 12.5. The first-order valence-electron chi connectivity index (χ1n) is 8.52. The van der Waals surface area contributed by atoms with Gasteiger partial charge in [-0.15, -0.1) is 0 Å². The second kappa shape index (κ2) is 7.79. The summed E-state index contributed by atoms with van der Waals surface area (Å²) in [6, 6.07) is 11.6. The van der Waals surface area contributed by atoms with E-state index in [1.807, 2.05) is 18.2 Å². The summed E-state index contributed by atoms with van der Waals surface area (Å²) in [5.41, 5.74) is 3.27. The third kappa shape index (κ3) is 4.46. The molecule has 1 amide bonds. The molecule has 7 nitrogen and oxygen atoms in total. The molecule has 0 aliphatic heterocycles. The van der Waals surface area contributed by atoms with Gasteiger partial charge in [-0.05, 0) is 67.3 Å². The summed E-state index contributed by atoms with van der Waals surface area (Å²) in [6.45, 7) is 1.39. The fourth-order valence-electron chi connectivity index (χ4n) is 2.97. The van der Waals surface area contributed by atoms with Crippen LogP contribution < -0.4 is 14.9 Å². The van der Waals surface area contributed by atoms with Crippen molar-refractivity contribution in [1.82, 2.24) is 4.83 Å². The highest BCUT2D eigenvalue weighted by atomic mass is 32.2. The number of hydrogen-bond acceptors (Lipinski definition) is 5. The number of nitrogens with zero attached hydrogens (tertiary/aromatic N) is 1. The van der Waals surface area contributed by atoms with Crippen LogP contribution in [0, 0.1) is 0 Å². The van der Waals surface area contributed by atoms with Crippen LogP contribution in [0.5, 0.6) is 5.75 Å². The Balaban J connectivity index is 1.80. The average molecular weight is 387 g/mol. The van der Waals surface area contributed by atoms with E-state index < -0.39 is 10.0 Å². The number of aryl methyl sites for hydroxylation is 1. The summed E-state index contributed by atoms with van der Waals surface area (Å²) in [4.78, 5) is 13.4. The quantitative estimate of drug-likeness (QED) is 0.771. The molecule has 0 saturated heterocycles. The zero-order valence-electron chi connectivity index (χ0n) is 15.2. The molecule has 8 heteroatoms. The highest BCUT2D eigenvalue weighted by Crippen LogP contribution is 2.26. The Morgan fingerprint density at radius 2 is 1.85 bits per heavy atom. The summed E-state index contributed by atoms with van der Waals surface area (Å²) < 4.78 is 30.2. The third-order valence-corrected chi connectivity index (χ3v) is 5.49. The highest BCUT2D eigenvalue weighted by Gasteiger charge is 2.18. The van der Waals surface area contributed by atoms with Gasteiger partial charge in [-0.25, -0.2) is 0 Å². The maximum absolute atomic E-state index is 12.5. The van der Waals surface area contributed by atoms with Crippen molar-refractivity contribution in [3.05, 3.63) is 53.6 Å². The van der Waals surface area contributed by atoms with Crippen molar-refractivity contribution < 1.29 is 17.9 Å². The van der Waals surface area contributed by atoms with Gasteiger partial charge in [-0.1, -0.05) is 0 Å². The molecule has 0 spiro atoms. The number of hydrogen-bond donors (Lipinski definition) is 2. The number of amides is 1. The number of rotatable bonds is 5. The molecule has 0 radical (unpaired) electrons. The molecule has 1 aliphatic rings. The van der Waals surface area contributed by atoms with Crippen molar-refractivity contribution in [3.63, 3.8) is 0 Å². The molecule has 0 unspecified atom stereocenters. The number of benzene rings is 2. The molecule has 1 aliphatic carbocycles. The van der Waals surface area contributed by atoms with E-state index >= 15 is 0 Å². The molecule has 27 heavy (non-hydrogen) atoms. The smallest absolute Gasteiger partial charge is 0.276 e. The number of nitrogens with one attached hydrogen (secondary N) is 2. The van der Waals surface area contributed by atoms with Crippen LogP contribution in [0.1, 0.15) is 30.9 Å². The Bertz CT molecular complexity index is 983. The first kappa shape index (κ1) is 18.9. The van der Waals surface area contributed by atoms with Crippen LogP contribution in [0.25, 0.3) is 0 Å². The van der Waals surface area contributed by atoms with Crippen LogP contribution in [0.3, 0.4) is 0 Å². The molecule has 0 aromatic heterocycles. The molecule has 2 N–H and O–H groups in total. The second-order valence-corrected chi connectivity index (χ2v) is 7.90. The first-order chi connectivity index (χ1) is 12.9. The Morgan fingerprint density at radius 1 is 1.11 bits per heavy atom. The van der Waals surface area contributed by atoms with E-state index in [4.69, 9.17) is 4.74 Å². The molecule has 0 bridgehead atoms. The normalized spacial score (nSPS) is 15.1. The van der Waals surface area contributed by atoms with Gasteiger partial charge in [-0.2, -0.15) is 18.4 Å². The molecular weight excluding hydrogens is 366 g/mol. The minimum Gasteiger partial charge on any atom is -0.497 e. The van der Waals surface area contributed by atoms with Gasteiger partial charge in [0.15, 0.2) is 0 Å². The largest absolute Gasteiger partial charge is 0.497 e. The SMILES string of the molecule is COc1ccc2c(c1)CCC/C2=N\NS(=O)(=O)c1ccc(NC(C)=O)cc1. The van der Waals surface area contributed by atoms with E-state index in [9.17, 15) is 13.2 Å². The van der Waals surface area contributed by atoms with Gasteiger partial charge < -0.3 is 10.1 Å². The van der Waals surface area contributed by atoms with E-state index in [1.54, 1.807) is 7.11 Å². The van der Waals surface area contributed by atoms with E-state index in [-0.39, 0.29) is 10.8 Å². The lowest BCUT2D eigenvalue weighted by Gasteiger charge is -2.18. The van der Waals surface area contributed by atoms with Crippen molar-refractivity contribution in [2.45, 2.75) is 31.1 Å². The van der Waals surface area contributed by atoms with Gasteiger partial charge >= 0.3 is 0 Å². The molecule has 0 fully saturated rings. The fourth-order valence-corrected chi connectivity index (χ4v) is 3.80. The van der Waals surface area contributed by atoms with E-state index in [0.29, 0.717) is 17.8 Å². The van der Waals surface area contributed by atoms with Crippen LogP contribution in [-0.4, -0.2) is 27.1 Å². The standard InChI is InChI=1S/C19H21N3O4S/c1-13(23)20-15-6-9-17(10-7-15)27(24,25)22-21-19-5-3-4-14-12-16(26-2)8-11-18(14)19/h6-12,22H,3-5H2,1-2H3,(H,20,23)/b21-19+. The molecule has 0 atom stereocenters. The Morgan fingerprint density at radius 3 is 2.52 bits per heavy atom. The summed E-state index contributed by atoms with van der Waals surface area (Å²) in [5.74, 6) is 0.553. The Labute approximate surface area is 158 Å². The fraction of sp³-hybridized carbons (Fsp3) is 0.263. The van der Waals surface area contributed by atoms with Crippen molar-refractivity contribution in [2.24, 2.45) is 5.10 Å². The van der Waals surface area contributed by atoms with E-state index in [2.05, 4.69) is 15.2 Å². The van der Waals surface area contributed by atoms with Gasteiger partial charge in [-0.3, -0.25) is 4.79 Å². The molecule has 0 heterocycles. The molecule has 142 valence electrons. The number of carbonyl (C=O) groups excluding carboxylic acids is 1. The van der Waals surface area contributed by atoms with Gasteiger partial charge in [0.05, 0.1) is 17.7 Å². The summed E-state index contributed by atoms with van der Waals surface area (Å²) in [7, 11) is -2.18. The average Bonchev–Trinajstić information content (AvgIpc) is 2.65. The maximum Gasteiger partial charge on any atom is 0.276 e. The van der Waals surface area contributed by atoms with Crippen LogP contribution in [0.4, 0.5) is 5.69 Å². The zero-order chi connectivity index (χ0) is 19.4. The van der Waals surface area contributed by atoms with Crippen LogP contribution >= 0.6 is 0 Å². The van der Waals surface area contributed by atoms with Crippen molar-refractivity contribution in [3.8, 4) is 5.75 Å². The van der Waals surface area contributed by atoms with Crippen molar-refractivity contribution in [2.75, 3.05) is 12.4 Å². The number of fused-ring (bicyclic) bond motifs is 1. The Hall–Kier alpha value is -2.87. The second-order valence-electron chi connectivity index (χ2n) is 6.24. The summed E-state index contributed by atoms with van der Waals surface area (Å²) in [5, 5.41) is 6.76. The lowest BCUT2D eigenvalue weighted by molar-refractivity contribution is -0.114. The number of ether oxygens (including phenoxy) is 1. The highest BCUT2D eigenvalue weighted by molar-refractivity contribution is 7.89. The minimum atomic E-state index is -3.80. The zero-order valence-corrected chi connectivity index (χ0v) is 16.0. The predicted octanol–water partition coefficient (Wildman–Crippen LogP) is 2.67. The number of anilines is 1. The van der Waals surface area contributed by atoms with Gasteiger partial charge in [0.2, 0.25) is 5.91 Å². The lowest BCUT2D eigenvalue weighted by atomic mass is 9.90. The van der Waals surface area contributed by atoms with Gasteiger partial charge in [0.1, 0.15) is 5.75 Å². The number of methoxy groups -OCH3 is 1. The van der Waals surface area contributed by atoms with Gasteiger partial charge in [0.25, 0.3) is 10.0 Å². The number of sulfonamides is 1. The third-order valence-electron chi connectivity index (χ3n) is 4.27. The Kier molecular flexibility index (Phi) is 5.46. The van der Waals surface area contributed by atoms with Crippen LogP contribution in [0.2, 0.25) is 0 Å². The minimum absolute atomic E-state index is 0.0757. The molecule has 2 aromatic carbocycles. The van der Waals surface area contributed by atoms with Crippen molar-refractivity contribution in [1.29, 1.82) is 0 Å². The number of hydrazone groups is 1. The first-order valence-corrected chi connectivity index (χ1v) is 10.0. The number of carbonyl (C=O) groups is 1. The monoisotopic (exact) mass is 387 g/mol. The predicted molar refractivity (Wildman–Crippen MR) is 104 cm³/mol. The molecule has 3 rings (SSSR count). The van der Waals surface area contributed by atoms with Crippen LogP contribution in [0.15, 0.2) is 52.5 Å². The topological polar surface area (TPSA) is 96.9 Å². The van der Waals surface area contributed by atoms with E-state index in [0.717, 1.165) is 29.7 Å². The van der Waals surface area contributed by atoms with E-state index in [1.165, 1.54) is 31.2 Å². The van der Waals surface area contributed by atoms with Crippen LogP contribution in [-0.2, 0) is 21.2 Å². The van der Waals surface area contributed by atoms with Gasteiger partial charge in [0, 0.05) is 18.2 Å².